The number of aromatic nitrogens is 3. The van der Waals surface area contributed by atoms with E-state index >= 15 is 0 Å². The molecular weight excluding hydrogens is 1580 g/mol. The van der Waals surface area contributed by atoms with Crippen molar-refractivity contribution in [1.82, 2.24) is 35.1 Å². The number of halogens is 1. The highest BCUT2D eigenvalue weighted by molar-refractivity contribution is 6.75. The van der Waals surface area contributed by atoms with Crippen LogP contribution in [0.1, 0.15) is 152 Å². The molecule has 0 bridgehead atoms. The number of benzene rings is 3. The first-order chi connectivity index (χ1) is 51.6. The van der Waals surface area contributed by atoms with Crippen molar-refractivity contribution in [2.24, 2.45) is 23.7 Å². The van der Waals surface area contributed by atoms with Crippen LogP contribution in [0.15, 0.2) is 165 Å². The lowest BCUT2D eigenvalue weighted by atomic mass is 9.61. The van der Waals surface area contributed by atoms with Crippen LogP contribution in [0.5, 0.6) is 17.6 Å². The van der Waals surface area contributed by atoms with Gasteiger partial charge in [0, 0.05) is 24.3 Å². The van der Waals surface area contributed by atoms with E-state index in [0.29, 0.717) is 41.6 Å². The van der Waals surface area contributed by atoms with Gasteiger partial charge in [0.2, 0.25) is 17.3 Å². The van der Waals surface area contributed by atoms with Crippen LogP contribution in [0.25, 0.3) is 0 Å². The Bertz CT molecular complexity index is 4540. The predicted molar refractivity (Wildman–Crippen MR) is 439 cm³/mol. The lowest BCUT2D eigenvalue weighted by Crippen LogP contribution is -3.00. The van der Waals surface area contributed by atoms with Crippen molar-refractivity contribution in [2.45, 2.75) is 178 Å². The van der Waals surface area contributed by atoms with Crippen LogP contribution in [0.4, 0.5) is 0 Å². The zero-order valence-electron chi connectivity index (χ0n) is 70.7. The van der Waals surface area contributed by atoms with Gasteiger partial charge < -0.3 is 69.9 Å². The average Bonchev–Trinajstić information content (AvgIpc) is 1.27. The van der Waals surface area contributed by atoms with Gasteiger partial charge in [0.1, 0.15) is 62.9 Å². The second-order valence-corrected chi connectivity index (χ2v) is 50.0. The van der Waals surface area contributed by atoms with Gasteiger partial charge in [0.25, 0.3) is 17.6 Å². The standard InChI is InChI=1S/C29H41N3O5Si.C27H34N2O5Si.C27H36N2O4Si.C3H8N.HI/c1-28(2,3)38(8,9)37-29-21(33)16-15-20(17-31(4)5)23(29)24(32(6)7)25-22(26(29)34)27(30-36-25)35-18-19-13-11-10-12-14-19;1-17-14-15-19(30)27(34-35(7,8)26(2,3)4)21(17)22(29(5)6)23-20(24(27)31)25(28-33-23)32-16-18-12-10-9-11-13-18;1-18-13-12-16-20-22(29(5)6)23-21(24(30)27(18,20)33-34(7,8)26(2,3)4)25(28-32-23)31-17-19-14-10-9-11-15-19;1-4(2)3;/h10-16,20,23-24H,17-18H2,1-9H3;9-15,21-22H,1,16H2,2-8H3;9-16,20,22H,17H2,1-8H3;1H2,2-3H3;1H/q;;;+1;/p-1/t20-,23-,24-,29+;21-,22-,27+;20-,22-,27+;;/m000../s1. The lowest BCUT2D eigenvalue weighted by molar-refractivity contribution is -0.454. The Morgan fingerprint density at radius 1 is 0.491 bits per heavy atom. The zero-order valence-corrected chi connectivity index (χ0v) is 75.8. The van der Waals surface area contributed by atoms with Crippen molar-refractivity contribution in [3.63, 3.8) is 0 Å². The predicted octanol–water partition coefficient (Wildman–Crippen LogP) is 12.8. The molecule has 6 aliphatic rings. The molecule has 0 amide bonds. The van der Waals surface area contributed by atoms with Gasteiger partial charge in [-0.15, -0.1) is 0 Å². The maximum Gasteiger partial charge on any atom is 0.265 e. The Kier molecular flexibility index (Phi) is 27.8. The summed E-state index contributed by atoms with van der Waals surface area (Å²) in [4.78, 5) is 79.4. The molecule has 3 aromatic heterocycles. The van der Waals surface area contributed by atoms with Gasteiger partial charge in [-0.1, -0.05) is 190 Å². The third-order valence-electron chi connectivity index (χ3n) is 23.3. The molecule has 112 heavy (non-hydrogen) atoms. The number of ketones is 5. The number of allylic oxidation sites excluding steroid dienone is 3. The molecule has 10 atom stereocenters. The summed E-state index contributed by atoms with van der Waals surface area (Å²) in [6.07, 6.45) is 12.7. The Labute approximate surface area is 683 Å². The number of Topliss-reactive ketones (excluding diaryl/α,β-unsaturated/α-hetero) is 3. The molecule has 6 aliphatic carbocycles. The monoisotopic (exact) mass is 1700 g/mol. The van der Waals surface area contributed by atoms with Crippen LogP contribution >= 0.6 is 0 Å². The molecule has 606 valence electrons. The third kappa shape index (κ3) is 17.5. The Morgan fingerprint density at radius 2 is 0.830 bits per heavy atom. The molecule has 0 saturated carbocycles. The van der Waals surface area contributed by atoms with Crippen LogP contribution in [0, 0.1) is 23.7 Å². The summed E-state index contributed by atoms with van der Waals surface area (Å²) in [6.45, 7) is 42.9. The number of fused-ring (bicyclic) bond motifs is 6. The number of carbonyl (C=O) groups is 5. The van der Waals surface area contributed by atoms with Crippen molar-refractivity contribution in [3.8, 4) is 17.6 Å². The maximum atomic E-state index is 14.7. The Balaban J connectivity index is 0.000000205. The fourth-order valence-electron chi connectivity index (χ4n) is 14.7. The molecule has 0 N–H and O–H groups in total. The highest BCUT2D eigenvalue weighted by atomic mass is 127. The number of hydrogen-bond donors (Lipinski definition) is 0. The molecule has 0 spiro atoms. The van der Waals surface area contributed by atoms with Gasteiger partial charge in [0.05, 0.1) is 18.1 Å². The molecule has 0 radical (unpaired) electrons. The SMILES string of the molecule is C=C1C=CC(=O)[C@]2(O[Si](C)(C)C(C)(C)C)C(=O)c3c(OCc4ccccc4)noc3[C@@H](N(C)C)[C@H]12.C=[N+](C)C.CC1=CC=C[C@H]2[C@H](N(C)C)c3onc(OCc4ccccc4)c3C(=O)[C@@]12O[Si](C)(C)C(C)(C)C.CN(C)C[C@@H]1C=CC(=O)[C@]2(O[Si](C)(C)C(C)(C)C)C(=O)c3c(OCc4ccccc4)noc3[C@@H](N(C)C)[C@H]12.[I-]. The van der Waals surface area contributed by atoms with Crippen molar-refractivity contribution in [2.75, 3.05) is 77.0 Å². The van der Waals surface area contributed by atoms with E-state index in [0.717, 1.165) is 22.3 Å². The molecule has 26 heteroatoms. The number of nitrogens with zero attached hydrogens (tertiary/aromatic N) is 8. The first-order valence-corrected chi connectivity index (χ1v) is 46.7. The number of ether oxygens (including phenoxy) is 3. The quantitative estimate of drug-likeness (QED) is 0.0227. The lowest BCUT2D eigenvalue weighted by Gasteiger charge is -2.54. The van der Waals surface area contributed by atoms with E-state index in [4.69, 9.17) is 41.1 Å². The van der Waals surface area contributed by atoms with Crippen molar-refractivity contribution >= 4 is 60.6 Å². The van der Waals surface area contributed by atoms with E-state index in [1.807, 2.05) is 210 Å². The largest absolute Gasteiger partial charge is 1.00 e. The molecule has 3 heterocycles. The van der Waals surface area contributed by atoms with Crippen molar-refractivity contribution in [3.05, 3.63) is 202 Å². The summed E-state index contributed by atoms with van der Waals surface area (Å²) < 4.78 is 58.2. The molecule has 22 nitrogen and oxygen atoms in total. The van der Waals surface area contributed by atoms with E-state index in [-0.39, 0.29) is 116 Å². The van der Waals surface area contributed by atoms with Gasteiger partial charge in [-0.05, 0) is 179 Å². The molecule has 0 saturated heterocycles. The minimum Gasteiger partial charge on any atom is -1.00 e. The van der Waals surface area contributed by atoms with Gasteiger partial charge in [0.15, 0.2) is 65.0 Å². The zero-order chi connectivity index (χ0) is 82.3. The number of hydrogen-bond acceptors (Lipinski definition) is 21. The van der Waals surface area contributed by atoms with Gasteiger partial charge in [-0.25, -0.2) is 4.58 Å². The fraction of sp³-hybridized carbons (Fsp3) is 0.500. The van der Waals surface area contributed by atoms with E-state index in [1.54, 1.807) is 16.7 Å². The summed E-state index contributed by atoms with van der Waals surface area (Å²) >= 11 is 0. The van der Waals surface area contributed by atoms with Crippen LogP contribution < -0.4 is 38.2 Å². The number of rotatable bonds is 20. The van der Waals surface area contributed by atoms with E-state index in [1.165, 1.54) is 6.08 Å². The minimum absolute atomic E-state index is 0. The van der Waals surface area contributed by atoms with Gasteiger partial charge in [-0.3, -0.25) is 38.7 Å². The summed E-state index contributed by atoms with van der Waals surface area (Å²) in [7, 11) is 11.8. The van der Waals surface area contributed by atoms with E-state index < -0.39 is 77.2 Å². The second kappa shape index (κ2) is 34.5. The van der Waals surface area contributed by atoms with E-state index in [2.05, 4.69) is 133 Å². The van der Waals surface area contributed by atoms with Crippen LogP contribution in [0.2, 0.25) is 54.4 Å². The maximum absolute atomic E-state index is 14.7. The van der Waals surface area contributed by atoms with Crippen LogP contribution in [0.3, 0.4) is 0 Å². The summed E-state index contributed by atoms with van der Waals surface area (Å²) in [5.41, 5.74) is 0.595. The topological polar surface area (TPSA) is 235 Å². The normalized spacial score (nSPS) is 24.1. The third-order valence-corrected chi connectivity index (χ3v) is 36.6. The molecule has 6 aromatic rings. The minimum atomic E-state index is -2.62. The second-order valence-electron chi connectivity index (χ2n) is 35.8. The van der Waals surface area contributed by atoms with E-state index in [9.17, 15) is 24.0 Å². The molecular formula is C86H119IN8O14Si3. The summed E-state index contributed by atoms with van der Waals surface area (Å²) in [5.74, 6) is -1.49. The summed E-state index contributed by atoms with van der Waals surface area (Å²) in [6, 6.07) is 28.0. The highest BCUT2D eigenvalue weighted by Crippen LogP contribution is 2.59. The Morgan fingerprint density at radius 3 is 1.21 bits per heavy atom. The molecule has 12 rings (SSSR count). The molecule has 0 unspecified atom stereocenters. The van der Waals surface area contributed by atoms with Gasteiger partial charge >= 0.3 is 0 Å². The fourth-order valence-corrected chi connectivity index (χ4v) is 19.0. The molecule has 0 fully saturated rings. The molecule has 0 aliphatic heterocycles. The smallest absolute Gasteiger partial charge is 0.265 e. The summed E-state index contributed by atoms with van der Waals surface area (Å²) in [5, 5.41) is 12.0. The van der Waals surface area contributed by atoms with Gasteiger partial charge in [-0.2, -0.15) is 0 Å². The first kappa shape index (κ1) is 90.1. The van der Waals surface area contributed by atoms with Crippen molar-refractivity contribution < 1.29 is 93.6 Å². The molecule has 3 aromatic carbocycles. The van der Waals surface area contributed by atoms with Crippen molar-refractivity contribution in [1.29, 1.82) is 0 Å². The number of carbonyl (C=O) groups excluding carboxylic acids is 5. The van der Waals surface area contributed by atoms with Crippen LogP contribution in [-0.4, -0.2) is 194 Å². The Hall–Kier alpha value is -7.49. The highest BCUT2D eigenvalue weighted by Gasteiger charge is 2.69. The average molecular weight is 1700 g/mol. The van der Waals surface area contributed by atoms with Crippen LogP contribution in [-0.2, 0) is 42.7 Å². The first-order valence-electron chi connectivity index (χ1n) is 38.0.